The number of rotatable bonds is 8. The van der Waals surface area contributed by atoms with Crippen LogP contribution in [0.2, 0.25) is 0 Å². The Morgan fingerprint density at radius 2 is 1.78 bits per heavy atom. The molecule has 1 fully saturated rings. The SMILES string of the molecule is CCOc1cccc(N2C(=O)C(=O)/C(=C(\O)c3ccc(OCC)c(C(C)C)c3)C2c2ccccn2)c1. The van der Waals surface area contributed by atoms with Gasteiger partial charge in [-0.25, -0.2) is 0 Å². The van der Waals surface area contributed by atoms with Crippen molar-refractivity contribution in [2.75, 3.05) is 18.1 Å². The van der Waals surface area contributed by atoms with Crippen molar-refractivity contribution in [2.45, 2.75) is 39.7 Å². The highest BCUT2D eigenvalue weighted by atomic mass is 16.5. The number of hydrogen-bond donors (Lipinski definition) is 1. The number of anilines is 1. The van der Waals surface area contributed by atoms with Crippen molar-refractivity contribution in [3.8, 4) is 11.5 Å². The number of aliphatic hydroxyl groups excluding tert-OH is 1. The topological polar surface area (TPSA) is 89.0 Å². The fraction of sp³-hybridized carbons (Fsp3) is 0.276. The van der Waals surface area contributed by atoms with E-state index < -0.39 is 17.7 Å². The number of amides is 1. The molecule has 7 heteroatoms. The lowest BCUT2D eigenvalue weighted by Crippen LogP contribution is -2.29. The number of nitrogens with zero attached hydrogens (tertiary/aromatic N) is 2. The molecule has 0 bridgehead atoms. The third kappa shape index (κ3) is 4.69. The van der Waals surface area contributed by atoms with Crippen LogP contribution in [0.5, 0.6) is 11.5 Å². The second kappa shape index (κ2) is 10.6. The number of Topliss-reactive ketones (excluding diaryl/α,β-unsaturated/α-hetero) is 1. The molecule has 1 saturated heterocycles. The van der Waals surface area contributed by atoms with E-state index >= 15 is 0 Å². The van der Waals surface area contributed by atoms with Gasteiger partial charge in [-0.05, 0) is 67.8 Å². The van der Waals surface area contributed by atoms with E-state index in [2.05, 4.69) is 4.98 Å². The Bertz CT molecular complexity index is 1300. The summed E-state index contributed by atoms with van der Waals surface area (Å²) in [5.74, 6) is -0.351. The predicted molar refractivity (Wildman–Crippen MR) is 138 cm³/mol. The molecule has 1 unspecified atom stereocenters. The standard InChI is InChI=1S/C29H30N2O5/c1-5-35-21-11-9-10-20(17-21)31-26(23-12-7-8-15-30-23)25(28(33)29(31)34)27(32)19-13-14-24(36-6-2)22(16-19)18(3)4/h7-18,26,32H,5-6H2,1-4H3/b27-25-. The number of pyridine rings is 1. The van der Waals surface area contributed by atoms with Crippen molar-refractivity contribution in [2.24, 2.45) is 0 Å². The van der Waals surface area contributed by atoms with Crippen LogP contribution in [0.4, 0.5) is 5.69 Å². The van der Waals surface area contributed by atoms with Crippen LogP contribution >= 0.6 is 0 Å². The fourth-order valence-electron chi connectivity index (χ4n) is 4.40. The van der Waals surface area contributed by atoms with Gasteiger partial charge in [0, 0.05) is 23.5 Å². The van der Waals surface area contributed by atoms with E-state index in [1.54, 1.807) is 60.8 Å². The normalized spacial score (nSPS) is 17.0. The molecule has 1 aliphatic rings. The van der Waals surface area contributed by atoms with E-state index in [4.69, 9.17) is 9.47 Å². The Kier molecular flexibility index (Phi) is 7.38. The number of hydrogen-bond acceptors (Lipinski definition) is 6. The van der Waals surface area contributed by atoms with Gasteiger partial charge < -0.3 is 14.6 Å². The van der Waals surface area contributed by atoms with Crippen LogP contribution in [0.15, 0.2) is 72.4 Å². The van der Waals surface area contributed by atoms with Crippen molar-refractivity contribution in [3.63, 3.8) is 0 Å². The van der Waals surface area contributed by atoms with Gasteiger partial charge in [0.2, 0.25) is 0 Å². The first-order chi connectivity index (χ1) is 17.4. The Morgan fingerprint density at radius 1 is 1.00 bits per heavy atom. The number of carbonyl (C=O) groups is 2. The van der Waals surface area contributed by atoms with E-state index in [1.807, 2.05) is 33.8 Å². The summed E-state index contributed by atoms with van der Waals surface area (Å²) in [4.78, 5) is 32.6. The zero-order chi connectivity index (χ0) is 25.8. The van der Waals surface area contributed by atoms with Gasteiger partial charge >= 0.3 is 0 Å². The van der Waals surface area contributed by atoms with Crippen LogP contribution in [0.25, 0.3) is 5.76 Å². The first-order valence-electron chi connectivity index (χ1n) is 12.1. The first kappa shape index (κ1) is 25.0. The summed E-state index contributed by atoms with van der Waals surface area (Å²) in [6.45, 7) is 8.81. The van der Waals surface area contributed by atoms with Crippen molar-refractivity contribution < 1.29 is 24.2 Å². The van der Waals surface area contributed by atoms with Crippen LogP contribution in [0, 0.1) is 0 Å². The summed E-state index contributed by atoms with van der Waals surface area (Å²) >= 11 is 0. The lowest BCUT2D eigenvalue weighted by molar-refractivity contribution is -0.132. The van der Waals surface area contributed by atoms with Crippen molar-refractivity contribution in [3.05, 3.63) is 89.3 Å². The van der Waals surface area contributed by atoms with E-state index in [1.165, 1.54) is 4.90 Å². The fourth-order valence-corrected chi connectivity index (χ4v) is 4.40. The maximum absolute atomic E-state index is 13.4. The molecule has 0 aliphatic carbocycles. The lowest BCUT2D eigenvalue weighted by atomic mass is 9.94. The van der Waals surface area contributed by atoms with Gasteiger partial charge in [0.25, 0.3) is 11.7 Å². The largest absolute Gasteiger partial charge is 0.507 e. The van der Waals surface area contributed by atoms with Crippen molar-refractivity contribution in [1.29, 1.82) is 0 Å². The Morgan fingerprint density at radius 3 is 2.44 bits per heavy atom. The van der Waals surface area contributed by atoms with Gasteiger partial charge in [-0.2, -0.15) is 0 Å². The van der Waals surface area contributed by atoms with Gasteiger partial charge in [-0.3, -0.25) is 19.5 Å². The number of aromatic nitrogens is 1. The molecule has 1 amide bonds. The van der Waals surface area contributed by atoms with E-state index in [0.29, 0.717) is 35.9 Å². The number of aliphatic hydroxyl groups is 1. The van der Waals surface area contributed by atoms with Crippen LogP contribution in [-0.4, -0.2) is 35.0 Å². The Labute approximate surface area is 211 Å². The molecule has 0 spiro atoms. The molecule has 0 radical (unpaired) electrons. The third-order valence-corrected chi connectivity index (χ3v) is 6.02. The molecule has 0 saturated carbocycles. The highest BCUT2D eigenvalue weighted by Crippen LogP contribution is 2.42. The minimum atomic E-state index is -0.905. The molecule has 4 rings (SSSR count). The van der Waals surface area contributed by atoms with Gasteiger partial charge in [0.05, 0.1) is 24.5 Å². The molecule has 3 aromatic rings. The lowest BCUT2D eigenvalue weighted by Gasteiger charge is -2.25. The number of carbonyl (C=O) groups excluding carboxylic acids is 2. The van der Waals surface area contributed by atoms with E-state index in [9.17, 15) is 14.7 Å². The molecule has 186 valence electrons. The summed E-state index contributed by atoms with van der Waals surface area (Å²) in [5.41, 5.74) is 2.26. The van der Waals surface area contributed by atoms with Gasteiger partial charge in [0.1, 0.15) is 23.3 Å². The predicted octanol–water partition coefficient (Wildman–Crippen LogP) is 5.63. The summed E-state index contributed by atoms with van der Waals surface area (Å²) in [5, 5.41) is 11.5. The second-order valence-electron chi connectivity index (χ2n) is 8.69. The number of ether oxygens (including phenoxy) is 2. The third-order valence-electron chi connectivity index (χ3n) is 6.02. The van der Waals surface area contributed by atoms with Crippen LogP contribution in [-0.2, 0) is 9.59 Å². The first-order valence-corrected chi connectivity index (χ1v) is 12.1. The zero-order valence-corrected chi connectivity index (χ0v) is 20.9. The van der Waals surface area contributed by atoms with Gasteiger partial charge in [-0.1, -0.05) is 26.0 Å². The van der Waals surface area contributed by atoms with Gasteiger partial charge in [-0.15, -0.1) is 0 Å². The summed E-state index contributed by atoms with van der Waals surface area (Å²) in [6, 6.07) is 16.6. The average Bonchev–Trinajstić information content (AvgIpc) is 3.15. The number of ketones is 1. The maximum atomic E-state index is 13.4. The highest BCUT2D eigenvalue weighted by molar-refractivity contribution is 6.51. The minimum absolute atomic E-state index is 0.0145. The van der Waals surface area contributed by atoms with Crippen LogP contribution in [0.1, 0.15) is 56.5 Å². The molecule has 2 aromatic carbocycles. The number of benzene rings is 2. The molecule has 1 aliphatic heterocycles. The van der Waals surface area contributed by atoms with Crippen molar-refractivity contribution >= 4 is 23.1 Å². The monoisotopic (exact) mass is 486 g/mol. The molecule has 2 heterocycles. The molecule has 1 N–H and O–H groups in total. The molecular weight excluding hydrogens is 456 g/mol. The van der Waals surface area contributed by atoms with E-state index in [0.717, 1.165) is 11.3 Å². The smallest absolute Gasteiger partial charge is 0.300 e. The molecule has 1 aromatic heterocycles. The van der Waals surface area contributed by atoms with Crippen LogP contribution in [0.3, 0.4) is 0 Å². The quantitative estimate of drug-likeness (QED) is 0.252. The molecule has 7 nitrogen and oxygen atoms in total. The molecular formula is C29H30N2O5. The average molecular weight is 487 g/mol. The van der Waals surface area contributed by atoms with Crippen molar-refractivity contribution in [1.82, 2.24) is 4.98 Å². The van der Waals surface area contributed by atoms with Gasteiger partial charge in [0.15, 0.2) is 0 Å². The Hall–Kier alpha value is -4.13. The zero-order valence-electron chi connectivity index (χ0n) is 20.9. The molecule has 36 heavy (non-hydrogen) atoms. The van der Waals surface area contributed by atoms with E-state index in [-0.39, 0.29) is 17.3 Å². The Balaban J connectivity index is 1.90. The maximum Gasteiger partial charge on any atom is 0.300 e. The molecule has 1 atom stereocenters. The summed E-state index contributed by atoms with van der Waals surface area (Å²) < 4.78 is 11.4. The summed E-state index contributed by atoms with van der Waals surface area (Å²) in [7, 11) is 0. The minimum Gasteiger partial charge on any atom is -0.507 e. The van der Waals surface area contributed by atoms with Crippen LogP contribution < -0.4 is 14.4 Å². The summed E-state index contributed by atoms with van der Waals surface area (Å²) in [6.07, 6.45) is 1.60. The second-order valence-corrected chi connectivity index (χ2v) is 8.69. The highest BCUT2D eigenvalue weighted by Gasteiger charge is 2.47.